The second-order valence-corrected chi connectivity index (χ2v) is 6.97. The number of carbonyl (C=O) groups is 2. The molecule has 3 N–H and O–H groups in total. The molecule has 0 spiro atoms. The molecule has 2 amide bonds. The number of ether oxygens (including phenoxy) is 1. The third kappa shape index (κ3) is 9.60. The number of carbonyl (C=O) groups excluding carboxylic acids is 2. The molecular weight excluding hydrogens is 409 g/mol. The van der Waals surface area contributed by atoms with Crippen LogP contribution in [0.3, 0.4) is 0 Å². The van der Waals surface area contributed by atoms with E-state index in [0.29, 0.717) is 5.57 Å². The molecule has 6 nitrogen and oxygen atoms in total. The van der Waals surface area contributed by atoms with Crippen molar-refractivity contribution in [2.24, 2.45) is 0 Å². The Labute approximate surface area is 182 Å². The van der Waals surface area contributed by atoms with Crippen molar-refractivity contribution in [3.8, 4) is 0 Å². The standard InChI is InChI=1S/C22H29ClFN3O3/c1-5-19(12-18(24)13-23)30-14-20(28)25-11-10-16(3)22(29)27-21-15(2)8-6-7-9-17(4)26-21/h5,12-13,21,26H,1-4,6-11,14H2,(H,25,28)(H,27,29)/b18-13-,19-12+. The quantitative estimate of drug-likeness (QED) is 0.210. The van der Waals surface area contributed by atoms with Crippen molar-refractivity contribution in [3.63, 3.8) is 0 Å². The summed E-state index contributed by atoms with van der Waals surface area (Å²) in [4.78, 5) is 24.2. The molecule has 1 atom stereocenters. The lowest BCUT2D eigenvalue weighted by atomic mass is 10.0. The molecule has 0 radical (unpaired) electrons. The van der Waals surface area contributed by atoms with Gasteiger partial charge in [-0.1, -0.05) is 37.9 Å². The molecule has 0 bridgehead atoms. The molecule has 1 unspecified atom stereocenters. The Bertz CT molecular complexity index is 759. The van der Waals surface area contributed by atoms with Crippen LogP contribution in [0.5, 0.6) is 0 Å². The average molecular weight is 438 g/mol. The summed E-state index contributed by atoms with van der Waals surface area (Å²) in [5, 5.41) is 8.64. The second kappa shape index (κ2) is 13.4. The van der Waals surface area contributed by atoms with Gasteiger partial charge in [0.25, 0.3) is 5.91 Å². The van der Waals surface area contributed by atoms with Crippen LogP contribution in [0.15, 0.2) is 72.4 Å². The molecule has 0 aromatic rings. The zero-order valence-corrected chi connectivity index (χ0v) is 17.8. The van der Waals surface area contributed by atoms with Crippen LogP contribution in [0.25, 0.3) is 0 Å². The molecule has 1 aliphatic heterocycles. The lowest BCUT2D eigenvalue weighted by Crippen LogP contribution is -2.47. The fraction of sp³-hybridized carbons (Fsp3) is 0.364. The first-order valence-electron chi connectivity index (χ1n) is 9.57. The van der Waals surface area contributed by atoms with E-state index in [0.717, 1.165) is 48.6 Å². The van der Waals surface area contributed by atoms with E-state index in [-0.39, 0.29) is 31.2 Å². The highest BCUT2D eigenvalue weighted by atomic mass is 35.5. The van der Waals surface area contributed by atoms with Gasteiger partial charge < -0.3 is 20.7 Å². The molecule has 1 fully saturated rings. The van der Waals surface area contributed by atoms with Crippen molar-refractivity contribution >= 4 is 23.4 Å². The van der Waals surface area contributed by atoms with Gasteiger partial charge in [-0.2, -0.15) is 0 Å². The summed E-state index contributed by atoms with van der Waals surface area (Å²) in [5.74, 6) is -1.42. The second-order valence-electron chi connectivity index (χ2n) is 6.76. The van der Waals surface area contributed by atoms with Crippen molar-refractivity contribution < 1.29 is 18.7 Å². The molecule has 1 aliphatic rings. The summed E-state index contributed by atoms with van der Waals surface area (Å²) >= 11 is 5.23. The minimum absolute atomic E-state index is 0.0665. The maximum atomic E-state index is 13.1. The van der Waals surface area contributed by atoms with Crippen LogP contribution >= 0.6 is 11.6 Å². The van der Waals surface area contributed by atoms with Crippen molar-refractivity contribution in [3.05, 3.63) is 72.4 Å². The van der Waals surface area contributed by atoms with Gasteiger partial charge in [0.05, 0.1) is 0 Å². The SMILES string of the molecule is C=C/C(=C\C(F)=C\Cl)OCC(=O)NCCC(=C)C(=O)NC1NC(=C)CCCCC1=C. The van der Waals surface area contributed by atoms with Gasteiger partial charge in [0, 0.05) is 29.4 Å². The predicted molar refractivity (Wildman–Crippen MR) is 118 cm³/mol. The molecule has 164 valence electrons. The maximum absolute atomic E-state index is 13.1. The first-order chi connectivity index (χ1) is 14.3. The van der Waals surface area contributed by atoms with Gasteiger partial charge in [-0.3, -0.25) is 9.59 Å². The zero-order chi connectivity index (χ0) is 22.5. The van der Waals surface area contributed by atoms with Gasteiger partial charge in [0.1, 0.15) is 17.8 Å². The molecule has 30 heavy (non-hydrogen) atoms. The van der Waals surface area contributed by atoms with Crippen molar-refractivity contribution in [2.75, 3.05) is 13.2 Å². The third-order valence-corrected chi connectivity index (χ3v) is 4.49. The van der Waals surface area contributed by atoms with Gasteiger partial charge in [-0.05, 0) is 43.8 Å². The molecule has 0 saturated carbocycles. The van der Waals surface area contributed by atoms with E-state index in [1.54, 1.807) is 0 Å². The van der Waals surface area contributed by atoms with Crippen LogP contribution in [0, 0.1) is 0 Å². The molecule has 0 aromatic carbocycles. The average Bonchev–Trinajstić information content (AvgIpc) is 2.71. The monoisotopic (exact) mass is 437 g/mol. The minimum Gasteiger partial charge on any atom is -0.484 e. The highest BCUT2D eigenvalue weighted by Gasteiger charge is 2.19. The zero-order valence-electron chi connectivity index (χ0n) is 17.1. The highest BCUT2D eigenvalue weighted by Crippen LogP contribution is 2.17. The molecule has 1 heterocycles. The topological polar surface area (TPSA) is 79.5 Å². The third-order valence-electron chi connectivity index (χ3n) is 4.28. The molecule has 1 rings (SSSR count). The van der Waals surface area contributed by atoms with E-state index in [2.05, 4.69) is 42.3 Å². The number of hydrogen-bond acceptors (Lipinski definition) is 4. The summed E-state index contributed by atoms with van der Waals surface area (Å²) in [5.41, 5.74) is 2.79. The van der Waals surface area contributed by atoms with E-state index in [1.807, 2.05) is 0 Å². The lowest BCUT2D eigenvalue weighted by Gasteiger charge is -2.27. The number of amides is 2. The summed E-state index contributed by atoms with van der Waals surface area (Å²) in [6.45, 7) is 15.1. The number of hydrogen-bond donors (Lipinski definition) is 3. The van der Waals surface area contributed by atoms with Crippen LogP contribution in [-0.2, 0) is 14.3 Å². The summed E-state index contributed by atoms with van der Waals surface area (Å²) < 4.78 is 18.2. The number of allylic oxidation sites excluding steroid dienone is 4. The Balaban J connectivity index is 2.40. The smallest absolute Gasteiger partial charge is 0.257 e. The van der Waals surface area contributed by atoms with Gasteiger partial charge in [0.2, 0.25) is 5.91 Å². The highest BCUT2D eigenvalue weighted by molar-refractivity contribution is 6.25. The minimum atomic E-state index is -0.723. The molecule has 1 saturated heterocycles. The summed E-state index contributed by atoms with van der Waals surface area (Å²) in [6, 6.07) is 0. The van der Waals surface area contributed by atoms with Gasteiger partial charge >= 0.3 is 0 Å². The van der Waals surface area contributed by atoms with Crippen molar-refractivity contribution in [1.82, 2.24) is 16.0 Å². The van der Waals surface area contributed by atoms with E-state index >= 15 is 0 Å². The first kappa shape index (κ1) is 25.2. The number of nitrogens with one attached hydrogen (secondary N) is 3. The molecule has 0 aromatic heterocycles. The molecule has 0 aliphatic carbocycles. The van der Waals surface area contributed by atoms with Gasteiger partial charge in [-0.15, -0.1) is 0 Å². The van der Waals surface area contributed by atoms with Crippen LogP contribution in [0.4, 0.5) is 4.39 Å². The van der Waals surface area contributed by atoms with Crippen molar-refractivity contribution in [1.29, 1.82) is 0 Å². The predicted octanol–water partition coefficient (Wildman–Crippen LogP) is 3.86. The van der Waals surface area contributed by atoms with E-state index in [9.17, 15) is 14.0 Å². The number of rotatable bonds is 10. The Kier molecular flexibility index (Phi) is 11.3. The summed E-state index contributed by atoms with van der Waals surface area (Å²) in [7, 11) is 0. The van der Waals surface area contributed by atoms with Crippen LogP contribution < -0.4 is 16.0 Å². The fourth-order valence-electron chi connectivity index (χ4n) is 2.58. The van der Waals surface area contributed by atoms with E-state index in [1.165, 1.54) is 6.08 Å². The Morgan fingerprint density at radius 2 is 2.00 bits per heavy atom. The molecular formula is C22H29ClFN3O3. The Hall–Kier alpha value is -2.80. The molecule has 8 heteroatoms. The largest absolute Gasteiger partial charge is 0.484 e. The normalized spacial score (nSPS) is 17.9. The fourth-order valence-corrected chi connectivity index (χ4v) is 2.64. The van der Waals surface area contributed by atoms with Crippen LogP contribution in [-0.4, -0.2) is 31.1 Å². The Morgan fingerprint density at radius 3 is 2.67 bits per heavy atom. The lowest BCUT2D eigenvalue weighted by molar-refractivity contribution is -0.124. The van der Waals surface area contributed by atoms with Crippen LogP contribution in [0.1, 0.15) is 32.1 Å². The van der Waals surface area contributed by atoms with E-state index in [4.69, 9.17) is 16.3 Å². The maximum Gasteiger partial charge on any atom is 0.257 e. The van der Waals surface area contributed by atoms with Gasteiger partial charge in [0.15, 0.2) is 6.61 Å². The van der Waals surface area contributed by atoms with Crippen molar-refractivity contribution in [2.45, 2.75) is 38.3 Å². The first-order valence-corrected chi connectivity index (χ1v) is 10.0. The van der Waals surface area contributed by atoms with Crippen LogP contribution in [0.2, 0.25) is 0 Å². The number of halogens is 2. The van der Waals surface area contributed by atoms with Gasteiger partial charge in [-0.25, -0.2) is 4.39 Å². The Morgan fingerprint density at radius 1 is 1.30 bits per heavy atom. The van der Waals surface area contributed by atoms with E-state index < -0.39 is 17.9 Å². The summed E-state index contributed by atoms with van der Waals surface area (Å²) in [6.07, 6.45) is 5.83.